The van der Waals surface area contributed by atoms with E-state index in [2.05, 4.69) is 0 Å². The highest BCUT2D eigenvalue weighted by Crippen LogP contribution is 2.40. The molecule has 0 bridgehead atoms. The number of aliphatic carboxylic acids is 1. The molecular weight excluding hydrogens is 240 g/mol. The van der Waals surface area contributed by atoms with Crippen LogP contribution in [0.1, 0.15) is 17.5 Å². The van der Waals surface area contributed by atoms with Crippen molar-refractivity contribution in [2.24, 2.45) is 5.92 Å². The largest absolute Gasteiger partial charge is 0.481 e. The Morgan fingerprint density at radius 1 is 1.29 bits per heavy atom. The van der Waals surface area contributed by atoms with Gasteiger partial charge < -0.3 is 5.11 Å². The molecule has 1 aromatic rings. The predicted molar refractivity (Wildman–Crippen MR) is 62.6 cm³/mol. The maximum absolute atomic E-state index is 12.1. The third-order valence-corrected chi connectivity index (χ3v) is 5.48. The fourth-order valence-corrected chi connectivity index (χ4v) is 3.80. The number of sulfone groups is 1. The Kier molecular flexibility index (Phi) is 2.73. The lowest BCUT2D eigenvalue weighted by molar-refractivity contribution is -0.138. The van der Waals surface area contributed by atoms with E-state index in [-0.39, 0.29) is 11.3 Å². The lowest BCUT2D eigenvalue weighted by Gasteiger charge is -2.06. The Bertz CT molecular complexity index is 574. The van der Waals surface area contributed by atoms with Gasteiger partial charge in [-0.25, -0.2) is 8.42 Å². The minimum absolute atomic E-state index is 0.227. The smallest absolute Gasteiger partial charge is 0.307 e. The predicted octanol–water partition coefficient (Wildman–Crippen LogP) is 1.55. The van der Waals surface area contributed by atoms with Crippen molar-refractivity contribution in [3.63, 3.8) is 0 Å². The molecule has 5 heteroatoms. The van der Waals surface area contributed by atoms with Gasteiger partial charge in [-0.05, 0) is 43.5 Å². The van der Waals surface area contributed by atoms with Gasteiger partial charge in [-0.2, -0.15) is 0 Å². The van der Waals surface area contributed by atoms with E-state index in [0.717, 1.165) is 11.1 Å². The van der Waals surface area contributed by atoms with Crippen molar-refractivity contribution >= 4 is 15.8 Å². The molecule has 1 fully saturated rings. The van der Waals surface area contributed by atoms with Crippen LogP contribution in [0.4, 0.5) is 0 Å². The molecule has 0 heterocycles. The molecule has 0 amide bonds. The van der Waals surface area contributed by atoms with Crippen LogP contribution in [-0.2, 0) is 14.6 Å². The maximum Gasteiger partial charge on any atom is 0.307 e. The summed E-state index contributed by atoms with van der Waals surface area (Å²) in [6, 6.07) is 4.91. The molecule has 1 saturated carbocycles. The maximum atomic E-state index is 12.1. The second kappa shape index (κ2) is 3.84. The van der Waals surface area contributed by atoms with Crippen LogP contribution in [0.2, 0.25) is 0 Å². The van der Waals surface area contributed by atoms with Gasteiger partial charge >= 0.3 is 5.97 Å². The average Bonchev–Trinajstić information content (AvgIpc) is 3.01. The number of rotatable bonds is 3. The van der Waals surface area contributed by atoms with Crippen LogP contribution >= 0.6 is 0 Å². The van der Waals surface area contributed by atoms with Gasteiger partial charge in [-0.3, -0.25) is 4.79 Å². The summed E-state index contributed by atoms with van der Waals surface area (Å²) in [6.45, 7) is 3.75. The third kappa shape index (κ3) is 2.07. The number of hydrogen-bond donors (Lipinski definition) is 1. The van der Waals surface area contributed by atoms with Gasteiger partial charge in [0.15, 0.2) is 9.84 Å². The zero-order valence-corrected chi connectivity index (χ0v) is 10.5. The highest BCUT2D eigenvalue weighted by Gasteiger charge is 2.52. The SMILES string of the molecule is Cc1ccc(S(=O)(=O)C2CC2C(=O)O)cc1C. The zero-order chi connectivity index (χ0) is 12.8. The lowest BCUT2D eigenvalue weighted by atomic mass is 10.1. The summed E-state index contributed by atoms with van der Waals surface area (Å²) in [5, 5.41) is 8.02. The Hall–Kier alpha value is -1.36. The fraction of sp³-hybridized carbons (Fsp3) is 0.417. The first-order chi connectivity index (χ1) is 7.84. The summed E-state index contributed by atoms with van der Waals surface area (Å²) in [6.07, 6.45) is 0.227. The van der Waals surface area contributed by atoms with Crippen LogP contribution in [0, 0.1) is 19.8 Å². The summed E-state index contributed by atoms with van der Waals surface area (Å²) >= 11 is 0. The number of carboxylic acids is 1. The number of benzene rings is 1. The molecule has 1 N–H and O–H groups in total. The molecule has 0 spiro atoms. The van der Waals surface area contributed by atoms with Gasteiger partial charge in [-0.1, -0.05) is 6.07 Å². The van der Waals surface area contributed by atoms with Crippen molar-refractivity contribution in [2.45, 2.75) is 30.4 Å². The molecule has 17 heavy (non-hydrogen) atoms. The van der Waals surface area contributed by atoms with Crippen molar-refractivity contribution in [1.82, 2.24) is 0 Å². The van der Waals surface area contributed by atoms with Gasteiger partial charge in [0.1, 0.15) is 0 Å². The number of carboxylic acid groups (broad SMARTS) is 1. The fourth-order valence-electron chi connectivity index (χ4n) is 1.84. The third-order valence-electron chi connectivity index (χ3n) is 3.25. The monoisotopic (exact) mass is 254 g/mol. The van der Waals surface area contributed by atoms with Crippen LogP contribution < -0.4 is 0 Å². The number of carbonyl (C=O) groups is 1. The van der Waals surface area contributed by atoms with Crippen molar-refractivity contribution in [2.75, 3.05) is 0 Å². The van der Waals surface area contributed by atoms with Gasteiger partial charge in [-0.15, -0.1) is 0 Å². The standard InChI is InChI=1S/C12H14O4S/c1-7-3-4-9(5-8(7)2)17(15,16)11-6-10(11)12(13)14/h3-5,10-11H,6H2,1-2H3,(H,13,14). The van der Waals surface area contributed by atoms with E-state index in [9.17, 15) is 13.2 Å². The Morgan fingerprint density at radius 2 is 1.94 bits per heavy atom. The van der Waals surface area contributed by atoms with E-state index >= 15 is 0 Å². The highest BCUT2D eigenvalue weighted by atomic mass is 32.2. The van der Waals surface area contributed by atoms with Crippen LogP contribution in [0.5, 0.6) is 0 Å². The van der Waals surface area contributed by atoms with Crippen LogP contribution in [-0.4, -0.2) is 24.7 Å². The van der Waals surface area contributed by atoms with Gasteiger partial charge in [0.2, 0.25) is 0 Å². The van der Waals surface area contributed by atoms with Crippen LogP contribution in [0.15, 0.2) is 23.1 Å². The van der Waals surface area contributed by atoms with Gasteiger partial charge in [0.25, 0.3) is 0 Å². The van der Waals surface area contributed by atoms with E-state index in [0.29, 0.717) is 0 Å². The Labute approximate surface area is 100 Å². The summed E-state index contributed by atoms with van der Waals surface area (Å²) < 4.78 is 24.2. The first-order valence-electron chi connectivity index (χ1n) is 5.38. The Balaban J connectivity index is 2.34. The van der Waals surface area contributed by atoms with Gasteiger partial charge in [0.05, 0.1) is 16.1 Å². The normalized spacial score (nSPS) is 23.4. The molecule has 2 atom stereocenters. The molecule has 4 nitrogen and oxygen atoms in total. The topological polar surface area (TPSA) is 71.4 Å². The quantitative estimate of drug-likeness (QED) is 0.888. The molecule has 1 aliphatic carbocycles. The summed E-state index contributed by atoms with van der Waals surface area (Å²) in [7, 11) is -3.48. The lowest BCUT2D eigenvalue weighted by Crippen LogP contribution is -2.13. The van der Waals surface area contributed by atoms with E-state index < -0.39 is 27.0 Å². The highest BCUT2D eigenvalue weighted by molar-refractivity contribution is 7.92. The molecule has 1 aromatic carbocycles. The summed E-state index contributed by atoms with van der Waals surface area (Å²) in [4.78, 5) is 10.9. The number of aryl methyl sites for hydroxylation is 2. The first kappa shape index (κ1) is 12.1. The van der Waals surface area contributed by atoms with E-state index in [1.165, 1.54) is 0 Å². The molecule has 1 aliphatic rings. The molecule has 2 rings (SSSR count). The van der Waals surface area contributed by atoms with Crippen molar-refractivity contribution in [3.8, 4) is 0 Å². The molecule has 92 valence electrons. The Morgan fingerprint density at radius 3 is 2.41 bits per heavy atom. The van der Waals surface area contributed by atoms with Crippen LogP contribution in [0.3, 0.4) is 0 Å². The van der Waals surface area contributed by atoms with E-state index in [1.54, 1.807) is 18.2 Å². The van der Waals surface area contributed by atoms with Crippen molar-refractivity contribution in [3.05, 3.63) is 29.3 Å². The van der Waals surface area contributed by atoms with Crippen molar-refractivity contribution in [1.29, 1.82) is 0 Å². The average molecular weight is 254 g/mol. The van der Waals surface area contributed by atoms with Gasteiger partial charge in [0, 0.05) is 0 Å². The molecule has 0 aromatic heterocycles. The van der Waals surface area contributed by atoms with Crippen molar-refractivity contribution < 1.29 is 18.3 Å². The zero-order valence-electron chi connectivity index (χ0n) is 9.67. The minimum Gasteiger partial charge on any atom is -0.481 e. The van der Waals surface area contributed by atoms with E-state index in [4.69, 9.17) is 5.11 Å². The number of hydrogen-bond acceptors (Lipinski definition) is 3. The molecule has 0 saturated heterocycles. The minimum atomic E-state index is -3.48. The second-order valence-electron chi connectivity index (χ2n) is 4.51. The first-order valence-corrected chi connectivity index (χ1v) is 6.92. The summed E-state index contributed by atoms with van der Waals surface area (Å²) in [5.74, 6) is -1.76. The van der Waals surface area contributed by atoms with E-state index in [1.807, 2.05) is 13.8 Å². The second-order valence-corrected chi connectivity index (χ2v) is 6.68. The molecule has 0 aliphatic heterocycles. The van der Waals surface area contributed by atoms with Crippen LogP contribution in [0.25, 0.3) is 0 Å². The molecule has 2 unspecified atom stereocenters. The molecular formula is C12H14O4S. The molecule has 0 radical (unpaired) electrons. The summed E-state index contributed by atoms with van der Waals surface area (Å²) in [5.41, 5.74) is 1.92.